The molecule has 7 heteroatoms. The Morgan fingerprint density at radius 3 is 2.83 bits per heavy atom. The van der Waals surface area contributed by atoms with Crippen LogP contribution in [0, 0.1) is 6.92 Å². The molecule has 1 aromatic rings. The Bertz CT molecular complexity index is 606. The lowest BCUT2D eigenvalue weighted by molar-refractivity contribution is -0.141. The molecule has 23 heavy (non-hydrogen) atoms. The average molecular weight is 320 g/mol. The van der Waals surface area contributed by atoms with Gasteiger partial charge in [-0.15, -0.1) is 0 Å². The highest BCUT2D eigenvalue weighted by Crippen LogP contribution is 2.22. The lowest BCUT2D eigenvalue weighted by Crippen LogP contribution is -2.65. The highest BCUT2D eigenvalue weighted by molar-refractivity contribution is 5.93. The molecule has 3 heterocycles. The molecule has 2 fully saturated rings. The zero-order valence-electron chi connectivity index (χ0n) is 14.0. The zero-order chi connectivity index (χ0) is 16.6. The molecule has 2 saturated heterocycles. The van der Waals surface area contributed by atoms with E-state index in [0.717, 1.165) is 19.4 Å². The van der Waals surface area contributed by atoms with E-state index in [9.17, 15) is 9.59 Å². The molecule has 0 spiro atoms. The Hall–Kier alpha value is -1.89. The summed E-state index contributed by atoms with van der Waals surface area (Å²) in [7, 11) is 1.85. The lowest BCUT2D eigenvalue weighted by atomic mass is 9.98. The SMILES string of the molecule is CCc1nc(C(=O)NC2CN(C3CCCN(C)C3=O)C2)c(C)o1. The number of aryl methyl sites for hydroxylation is 2. The first-order valence-electron chi connectivity index (χ1n) is 8.25. The van der Waals surface area contributed by atoms with E-state index in [-0.39, 0.29) is 23.9 Å². The van der Waals surface area contributed by atoms with Gasteiger partial charge in [0.05, 0.1) is 12.1 Å². The first-order valence-corrected chi connectivity index (χ1v) is 8.25. The van der Waals surface area contributed by atoms with Crippen molar-refractivity contribution < 1.29 is 14.0 Å². The van der Waals surface area contributed by atoms with E-state index in [2.05, 4.69) is 15.2 Å². The monoisotopic (exact) mass is 320 g/mol. The van der Waals surface area contributed by atoms with Crippen LogP contribution >= 0.6 is 0 Å². The van der Waals surface area contributed by atoms with Gasteiger partial charge in [-0.3, -0.25) is 14.5 Å². The van der Waals surface area contributed by atoms with E-state index in [1.807, 2.05) is 14.0 Å². The molecular weight excluding hydrogens is 296 g/mol. The minimum absolute atomic E-state index is 0.0256. The molecule has 1 atom stereocenters. The Labute approximate surface area is 136 Å². The predicted molar refractivity (Wildman–Crippen MR) is 84.1 cm³/mol. The van der Waals surface area contributed by atoms with Gasteiger partial charge < -0.3 is 14.6 Å². The van der Waals surface area contributed by atoms with Gasteiger partial charge >= 0.3 is 0 Å². The number of hydrogen-bond donors (Lipinski definition) is 1. The number of hydrogen-bond acceptors (Lipinski definition) is 5. The van der Waals surface area contributed by atoms with Gasteiger partial charge in [0.15, 0.2) is 11.6 Å². The van der Waals surface area contributed by atoms with E-state index in [4.69, 9.17) is 4.42 Å². The van der Waals surface area contributed by atoms with Crippen LogP contribution in [0.2, 0.25) is 0 Å². The van der Waals surface area contributed by atoms with Crippen LogP contribution in [-0.4, -0.2) is 65.4 Å². The Morgan fingerprint density at radius 2 is 2.17 bits per heavy atom. The molecule has 126 valence electrons. The first-order chi connectivity index (χ1) is 11.0. The fourth-order valence-electron chi connectivity index (χ4n) is 3.27. The maximum absolute atomic E-state index is 12.3. The quantitative estimate of drug-likeness (QED) is 0.878. The van der Waals surface area contributed by atoms with E-state index < -0.39 is 0 Å². The Balaban J connectivity index is 1.53. The summed E-state index contributed by atoms with van der Waals surface area (Å²) in [5.41, 5.74) is 0.369. The van der Waals surface area contributed by atoms with Crippen molar-refractivity contribution in [2.75, 3.05) is 26.7 Å². The maximum atomic E-state index is 12.3. The summed E-state index contributed by atoms with van der Waals surface area (Å²) in [5.74, 6) is 1.14. The topological polar surface area (TPSA) is 78.7 Å². The van der Waals surface area contributed by atoms with Crippen LogP contribution in [-0.2, 0) is 11.2 Å². The second-order valence-corrected chi connectivity index (χ2v) is 6.41. The molecular formula is C16H24N4O3. The summed E-state index contributed by atoms with van der Waals surface area (Å²) in [6.45, 7) is 5.97. The van der Waals surface area contributed by atoms with Crippen molar-refractivity contribution in [2.24, 2.45) is 0 Å². The minimum atomic E-state index is -0.192. The van der Waals surface area contributed by atoms with Gasteiger partial charge in [0.25, 0.3) is 5.91 Å². The minimum Gasteiger partial charge on any atom is -0.445 e. The van der Waals surface area contributed by atoms with Gasteiger partial charge in [-0.05, 0) is 19.8 Å². The molecule has 1 N–H and O–H groups in total. The van der Waals surface area contributed by atoms with E-state index >= 15 is 0 Å². The normalized spacial score (nSPS) is 23.0. The molecule has 0 radical (unpaired) electrons. The van der Waals surface area contributed by atoms with Crippen LogP contribution in [0.3, 0.4) is 0 Å². The third kappa shape index (κ3) is 3.10. The molecule has 1 aromatic heterocycles. The maximum Gasteiger partial charge on any atom is 0.273 e. The van der Waals surface area contributed by atoms with Crippen molar-refractivity contribution >= 4 is 11.8 Å². The number of aromatic nitrogens is 1. The first kappa shape index (κ1) is 16.0. The van der Waals surface area contributed by atoms with Gasteiger partial charge in [-0.25, -0.2) is 4.98 Å². The standard InChI is InChI=1S/C16H24N4O3/c1-4-13-18-14(10(2)23-13)15(21)17-11-8-20(9-11)12-6-5-7-19(3)16(12)22/h11-12H,4-9H2,1-3H3,(H,17,21). The largest absolute Gasteiger partial charge is 0.445 e. The number of carbonyl (C=O) groups is 2. The summed E-state index contributed by atoms with van der Waals surface area (Å²) in [6.07, 6.45) is 2.62. The van der Waals surface area contributed by atoms with Gasteiger partial charge in [-0.2, -0.15) is 0 Å². The third-order valence-electron chi connectivity index (χ3n) is 4.68. The van der Waals surface area contributed by atoms with Gasteiger partial charge in [-0.1, -0.05) is 6.92 Å². The van der Waals surface area contributed by atoms with Crippen molar-refractivity contribution in [3.05, 3.63) is 17.3 Å². The zero-order valence-corrected chi connectivity index (χ0v) is 14.0. The Kier molecular flexibility index (Phi) is 4.39. The van der Waals surface area contributed by atoms with E-state index in [1.54, 1.807) is 11.8 Å². The number of nitrogens with one attached hydrogen (secondary N) is 1. The number of likely N-dealkylation sites (N-methyl/N-ethyl adjacent to an activating group) is 1. The van der Waals surface area contributed by atoms with Gasteiger partial charge in [0.1, 0.15) is 5.76 Å². The number of oxazole rings is 1. The van der Waals surface area contributed by atoms with Gasteiger partial charge in [0.2, 0.25) is 5.91 Å². The predicted octanol–water partition coefficient (Wildman–Crippen LogP) is 0.580. The molecule has 2 amide bonds. The molecule has 0 aliphatic carbocycles. The van der Waals surface area contributed by atoms with Crippen molar-refractivity contribution in [1.29, 1.82) is 0 Å². The Morgan fingerprint density at radius 1 is 1.43 bits per heavy atom. The number of nitrogens with zero attached hydrogens (tertiary/aromatic N) is 3. The molecule has 1 unspecified atom stereocenters. The smallest absolute Gasteiger partial charge is 0.273 e. The van der Waals surface area contributed by atoms with E-state index in [1.165, 1.54) is 0 Å². The average Bonchev–Trinajstić information content (AvgIpc) is 2.87. The van der Waals surface area contributed by atoms with Gasteiger partial charge in [0, 0.05) is 33.1 Å². The van der Waals surface area contributed by atoms with Crippen LogP contribution in [0.4, 0.5) is 0 Å². The molecule has 0 aromatic carbocycles. The number of amides is 2. The van der Waals surface area contributed by atoms with Crippen molar-refractivity contribution in [3.63, 3.8) is 0 Å². The summed E-state index contributed by atoms with van der Waals surface area (Å²) >= 11 is 0. The third-order valence-corrected chi connectivity index (χ3v) is 4.68. The summed E-state index contributed by atoms with van der Waals surface area (Å²) in [6, 6.07) is 0.0473. The number of carbonyl (C=O) groups excluding carboxylic acids is 2. The number of rotatable bonds is 4. The molecule has 2 aliphatic heterocycles. The molecule has 7 nitrogen and oxygen atoms in total. The lowest BCUT2D eigenvalue weighted by Gasteiger charge is -2.46. The molecule has 0 bridgehead atoms. The molecule has 3 rings (SSSR count). The number of piperidine rings is 1. The highest BCUT2D eigenvalue weighted by atomic mass is 16.4. The van der Waals surface area contributed by atoms with Crippen molar-refractivity contribution in [1.82, 2.24) is 20.1 Å². The van der Waals surface area contributed by atoms with Crippen LogP contribution in [0.5, 0.6) is 0 Å². The summed E-state index contributed by atoms with van der Waals surface area (Å²) in [4.78, 5) is 32.6. The van der Waals surface area contributed by atoms with Crippen LogP contribution < -0.4 is 5.32 Å². The molecule has 2 aliphatic rings. The van der Waals surface area contributed by atoms with Crippen LogP contribution in [0.25, 0.3) is 0 Å². The highest BCUT2D eigenvalue weighted by Gasteiger charge is 2.39. The van der Waals surface area contributed by atoms with Crippen molar-refractivity contribution in [2.45, 2.75) is 45.2 Å². The molecule has 0 saturated carbocycles. The second kappa shape index (κ2) is 6.31. The summed E-state index contributed by atoms with van der Waals surface area (Å²) in [5, 5.41) is 2.98. The number of likely N-dealkylation sites (tertiary alicyclic amines) is 2. The second-order valence-electron chi connectivity index (χ2n) is 6.41. The van der Waals surface area contributed by atoms with Crippen molar-refractivity contribution in [3.8, 4) is 0 Å². The van der Waals surface area contributed by atoms with Crippen LogP contribution in [0.15, 0.2) is 4.42 Å². The van der Waals surface area contributed by atoms with Crippen LogP contribution in [0.1, 0.15) is 41.9 Å². The summed E-state index contributed by atoms with van der Waals surface area (Å²) < 4.78 is 5.43. The fraction of sp³-hybridized carbons (Fsp3) is 0.688. The fourth-order valence-corrected chi connectivity index (χ4v) is 3.27. The van der Waals surface area contributed by atoms with E-state index in [0.29, 0.717) is 36.9 Å².